The Morgan fingerprint density at radius 2 is 1.30 bits per heavy atom. The maximum Gasteiger partial charge on any atom is 0.123 e. The van der Waals surface area contributed by atoms with E-state index >= 15 is 0 Å². The van der Waals surface area contributed by atoms with Gasteiger partial charge in [0.2, 0.25) is 0 Å². The standard InChI is InChI=1S/C28H31F2NO2/c1-32-26-11-13-27(14-12-26)33-20-2-17-31-18-15-23(16-19-31)28(21-3-7-24(29)8-4-21)22-5-9-25(30)10-6-22/h3-14,23,28H,2,15-20H2,1H3. The third kappa shape index (κ3) is 6.32. The molecule has 0 amide bonds. The summed E-state index contributed by atoms with van der Waals surface area (Å²) < 4.78 is 38.1. The van der Waals surface area contributed by atoms with Crippen LogP contribution in [0.4, 0.5) is 8.78 Å². The third-order valence-electron chi connectivity index (χ3n) is 6.51. The molecule has 1 saturated heterocycles. The van der Waals surface area contributed by atoms with Crippen molar-refractivity contribution >= 4 is 0 Å². The summed E-state index contributed by atoms with van der Waals surface area (Å²) in [5.41, 5.74) is 2.18. The first kappa shape index (κ1) is 23.2. The van der Waals surface area contributed by atoms with Crippen LogP contribution in [0.3, 0.4) is 0 Å². The lowest BCUT2D eigenvalue weighted by molar-refractivity contribution is 0.163. The normalized spacial score (nSPS) is 15.0. The van der Waals surface area contributed by atoms with Gasteiger partial charge in [-0.3, -0.25) is 0 Å². The van der Waals surface area contributed by atoms with Crippen LogP contribution in [0.1, 0.15) is 36.3 Å². The first-order valence-corrected chi connectivity index (χ1v) is 11.6. The highest BCUT2D eigenvalue weighted by atomic mass is 19.1. The van der Waals surface area contributed by atoms with Gasteiger partial charge < -0.3 is 14.4 Å². The number of halogens is 2. The van der Waals surface area contributed by atoms with Gasteiger partial charge in [0.25, 0.3) is 0 Å². The lowest BCUT2D eigenvalue weighted by Gasteiger charge is -2.36. The Hall–Kier alpha value is -2.92. The molecule has 174 valence electrons. The Kier molecular flexibility index (Phi) is 7.95. The van der Waals surface area contributed by atoms with E-state index in [0.717, 1.165) is 61.5 Å². The Bertz CT molecular complexity index is 936. The van der Waals surface area contributed by atoms with Gasteiger partial charge in [0.15, 0.2) is 0 Å². The molecule has 4 rings (SSSR count). The Morgan fingerprint density at radius 1 is 0.788 bits per heavy atom. The van der Waals surface area contributed by atoms with E-state index in [1.54, 1.807) is 7.11 Å². The van der Waals surface area contributed by atoms with Gasteiger partial charge in [0.05, 0.1) is 13.7 Å². The molecule has 1 aliphatic rings. The van der Waals surface area contributed by atoms with Crippen LogP contribution < -0.4 is 9.47 Å². The molecule has 3 aromatic rings. The van der Waals surface area contributed by atoms with Gasteiger partial charge in [-0.25, -0.2) is 8.78 Å². The van der Waals surface area contributed by atoms with Crippen LogP contribution in [0, 0.1) is 17.6 Å². The fourth-order valence-electron chi connectivity index (χ4n) is 4.74. The predicted octanol–water partition coefficient (Wildman–Crippen LogP) is 6.29. The molecule has 1 heterocycles. The third-order valence-corrected chi connectivity index (χ3v) is 6.51. The molecule has 5 heteroatoms. The Balaban J connectivity index is 1.30. The highest BCUT2D eigenvalue weighted by Gasteiger charge is 2.29. The second-order valence-electron chi connectivity index (χ2n) is 8.64. The molecular formula is C28H31F2NO2. The molecule has 0 unspecified atom stereocenters. The van der Waals surface area contributed by atoms with E-state index in [4.69, 9.17) is 9.47 Å². The highest BCUT2D eigenvalue weighted by Crippen LogP contribution is 2.38. The lowest BCUT2D eigenvalue weighted by atomic mass is 9.76. The molecule has 0 N–H and O–H groups in total. The number of benzene rings is 3. The summed E-state index contributed by atoms with van der Waals surface area (Å²) in [4.78, 5) is 2.49. The molecule has 3 nitrogen and oxygen atoms in total. The van der Waals surface area contributed by atoms with E-state index in [1.165, 1.54) is 24.3 Å². The number of rotatable bonds is 9. The number of hydrogen-bond donors (Lipinski definition) is 0. The largest absolute Gasteiger partial charge is 0.497 e. The Morgan fingerprint density at radius 3 is 1.82 bits per heavy atom. The zero-order valence-electron chi connectivity index (χ0n) is 19.1. The second kappa shape index (κ2) is 11.3. The number of hydrogen-bond acceptors (Lipinski definition) is 3. The van der Waals surface area contributed by atoms with Crippen LogP contribution in [-0.4, -0.2) is 38.3 Å². The maximum atomic E-state index is 13.5. The van der Waals surface area contributed by atoms with Crippen molar-refractivity contribution in [1.82, 2.24) is 4.90 Å². The molecule has 0 aromatic heterocycles. The zero-order valence-corrected chi connectivity index (χ0v) is 19.1. The first-order chi connectivity index (χ1) is 16.1. The maximum absolute atomic E-state index is 13.5. The quantitative estimate of drug-likeness (QED) is 0.357. The summed E-state index contributed by atoms with van der Waals surface area (Å²) >= 11 is 0. The molecule has 3 aromatic carbocycles. The van der Waals surface area contributed by atoms with Crippen LogP contribution >= 0.6 is 0 Å². The number of nitrogens with zero attached hydrogens (tertiary/aromatic N) is 1. The van der Waals surface area contributed by atoms with Crippen molar-refractivity contribution in [3.05, 3.63) is 95.6 Å². The molecule has 0 saturated carbocycles. The summed E-state index contributed by atoms with van der Waals surface area (Å²) in [6.07, 6.45) is 3.08. The molecule has 0 aliphatic carbocycles. The van der Waals surface area contributed by atoms with E-state index in [9.17, 15) is 8.78 Å². The van der Waals surface area contributed by atoms with Crippen molar-refractivity contribution in [3.8, 4) is 11.5 Å². The molecule has 33 heavy (non-hydrogen) atoms. The summed E-state index contributed by atoms with van der Waals surface area (Å²) in [5.74, 6) is 1.80. The van der Waals surface area contributed by atoms with Crippen molar-refractivity contribution < 1.29 is 18.3 Å². The highest BCUT2D eigenvalue weighted by molar-refractivity contribution is 5.34. The Labute approximate surface area is 195 Å². The van der Waals surface area contributed by atoms with E-state index in [1.807, 2.05) is 48.5 Å². The topological polar surface area (TPSA) is 21.7 Å². The van der Waals surface area contributed by atoms with Crippen molar-refractivity contribution in [2.24, 2.45) is 5.92 Å². The van der Waals surface area contributed by atoms with Crippen LogP contribution in [0.5, 0.6) is 11.5 Å². The minimum atomic E-state index is -0.233. The second-order valence-corrected chi connectivity index (χ2v) is 8.64. The molecule has 0 atom stereocenters. The van der Waals surface area contributed by atoms with E-state index in [2.05, 4.69) is 4.90 Å². The molecular weight excluding hydrogens is 420 g/mol. The van der Waals surface area contributed by atoms with E-state index in [-0.39, 0.29) is 17.6 Å². The van der Waals surface area contributed by atoms with Crippen LogP contribution in [-0.2, 0) is 0 Å². The van der Waals surface area contributed by atoms with Crippen molar-refractivity contribution in [1.29, 1.82) is 0 Å². The van der Waals surface area contributed by atoms with Gasteiger partial charge in [0.1, 0.15) is 23.1 Å². The predicted molar refractivity (Wildman–Crippen MR) is 127 cm³/mol. The molecule has 1 fully saturated rings. The fraction of sp³-hybridized carbons (Fsp3) is 0.357. The number of ether oxygens (including phenoxy) is 2. The van der Waals surface area contributed by atoms with Gasteiger partial charge in [-0.15, -0.1) is 0 Å². The van der Waals surface area contributed by atoms with E-state index < -0.39 is 0 Å². The fourth-order valence-corrected chi connectivity index (χ4v) is 4.74. The summed E-state index contributed by atoms with van der Waals surface area (Å²) in [5, 5.41) is 0. The van der Waals surface area contributed by atoms with Gasteiger partial charge in [-0.05, 0) is 97.9 Å². The SMILES string of the molecule is COc1ccc(OCCCN2CCC(C(c3ccc(F)cc3)c3ccc(F)cc3)CC2)cc1. The lowest BCUT2D eigenvalue weighted by Crippen LogP contribution is -2.36. The minimum absolute atomic E-state index is 0.145. The summed E-state index contributed by atoms with van der Waals surface area (Å²) in [6.45, 7) is 3.72. The molecule has 0 radical (unpaired) electrons. The van der Waals surface area contributed by atoms with E-state index in [0.29, 0.717) is 12.5 Å². The van der Waals surface area contributed by atoms with Crippen LogP contribution in [0.25, 0.3) is 0 Å². The number of piperidine rings is 1. The number of likely N-dealkylation sites (tertiary alicyclic amines) is 1. The summed E-state index contributed by atoms with van der Waals surface area (Å²) in [7, 11) is 1.65. The monoisotopic (exact) mass is 451 g/mol. The van der Waals surface area contributed by atoms with Crippen LogP contribution in [0.15, 0.2) is 72.8 Å². The minimum Gasteiger partial charge on any atom is -0.497 e. The van der Waals surface area contributed by atoms with Crippen molar-refractivity contribution in [2.45, 2.75) is 25.2 Å². The average Bonchev–Trinajstić information content (AvgIpc) is 2.85. The van der Waals surface area contributed by atoms with Gasteiger partial charge >= 0.3 is 0 Å². The number of methoxy groups -OCH3 is 1. The average molecular weight is 452 g/mol. The van der Waals surface area contributed by atoms with Crippen molar-refractivity contribution in [2.75, 3.05) is 33.4 Å². The van der Waals surface area contributed by atoms with Crippen LogP contribution in [0.2, 0.25) is 0 Å². The summed E-state index contributed by atoms with van der Waals surface area (Å²) in [6, 6.07) is 21.2. The molecule has 0 bridgehead atoms. The first-order valence-electron chi connectivity index (χ1n) is 11.6. The van der Waals surface area contributed by atoms with Gasteiger partial charge in [-0.2, -0.15) is 0 Å². The molecule has 1 aliphatic heterocycles. The smallest absolute Gasteiger partial charge is 0.123 e. The van der Waals surface area contributed by atoms with Gasteiger partial charge in [0, 0.05) is 12.5 Å². The molecule has 0 spiro atoms. The zero-order chi connectivity index (χ0) is 23.0. The van der Waals surface area contributed by atoms with Gasteiger partial charge in [-0.1, -0.05) is 24.3 Å². The van der Waals surface area contributed by atoms with Crippen molar-refractivity contribution in [3.63, 3.8) is 0 Å².